The molecule has 1 N–H and O–H groups in total. The van der Waals surface area contributed by atoms with Gasteiger partial charge in [0, 0.05) is 6.04 Å². The van der Waals surface area contributed by atoms with E-state index >= 15 is 0 Å². The number of rotatable bonds is 9. The second-order valence-corrected chi connectivity index (χ2v) is 6.59. The van der Waals surface area contributed by atoms with Crippen molar-refractivity contribution in [2.45, 2.75) is 84.1 Å². The van der Waals surface area contributed by atoms with Gasteiger partial charge < -0.3 is 5.32 Å². The molecule has 0 radical (unpaired) electrons. The third-order valence-corrected chi connectivity index (χ3v) is 4.76. The third kappa shape index (κ3) is 5.14. The Bertz CT molecular complexity index is 410. The molecule has 1 heteroatoms. The van der Waals surface area contributed by atoms with Crippen molar-refractivity contribution in [3.63, 3.8) is 0 Å². The van der Waals surface area contributed by atoms with Crippen LogP contribution in [0, 0.1) is 0 Å². The maximum atomic E-state index is 3.77. The minimum Gasteiger partial charge on any atom is -0.310 e. The molecular weight excluding hydrogens is 254 g/mol. The van der Waals surface area contributed by atoms with Crippen molar-refractivity contribution in [3.8, 4) is 0 Å². The van der Waals surface area contributed by atoms with Crippen LogP contribution in [0.3, 0.4) is 0 Å². The number of unbranched alkanes of at least 4 members (excludes halogenated alkanes) is 3. The van der Waals surface area contributed by atoms with Gasteiger partial charge in [-0.15, -0.1) is 0 Å². The second kappa shape index (κ2) is 9.25. The van der Waals surface area contributed by atoms with Crippen molar-refractivity contribution in [2.75, 3.05) is 6.54 Å². The van der Waals surface area contributed by atoms with Crippen molar-refractivity contribution < 1.29 is 0 Å². The summed E-state index contributed by atoms with van der Waals surface area (Å²) >= 11 is 0. The van der Waals surface area contributed by atoms with Gasteiger partial charge in [-0.25, -0.2) is 0 Å². The topological polar surface area (TPSA) is 12.0 Å². The summed E-state index contributed by atoms with van der Waals surface area (Å²) in [6.45, 7) is 5.68. The second-order valence-electron chi connectivity index (χ2n) is 6.59. The minimum atomic E-state index is 0.564. The predicted molar refractivity (Wildman–Crippen MR) is 92.9 cm³/mol. The van der Waals surface area contributed by atoms with Crippen LogP contribution in [-0.4, -0.2) is 6.54 Å². The summed E-state index contributed by atoms with van der Waals surface area (Å²) in [7, 11) is 0. The molecule has 1 nitrogen and oxygen atoms in total. The van der Waals surface area contributed by atoms with E-state index in [2.05, 4.69) is 37.4 Å². The third-order valence-electron chi connectivity index (χ3n) is 4.76. The summed E-state index contributed by atoms with van der Waals surface area (Å²) in [5.41, 5.74) is 4.75. The Morgan fingerprint density at radius 3 is 2.52 bits per heavy atom. The number of fused-ring (bicyclic) bond motifs is 1. The van der Waals surface area contributed by atoms with Gasteiger partial charge in [-0.1, -0.05) is 57.7 Å². The molecule has 0 bridgehead atoms. The molecule has 0 spiro atoms. The quantitative estimate of drug-likeness (QED) is 0.585. The van der Waals surface area contributed by atoms with Crippen molar-refractivity contribution >= 4 is 0 Å². The number of aryl methyl sites for hydroxylation is 2. The average molecular weight is 287 g/mol. The van der Waals surface area contributed by atoms with E-state index in [-0.39, 0.29) is 0 Å². The Hall–Kier alpha value is -0.820. The molecule has 118 valence electrons. The molecule has 21 heavy (non-hydrogen) atoms. The Morgan fingerprint density at radius 1 is 0.952 bits per heavy atom. The zero-order valence-electron chi connectivity index (χ0n) is 14.1. The van der Waals surface area contributed by atoms with Gasteiger partial charge in [0.05, 0.1) is 0 Å². The molecule has 1 aliphatic carbocycles. The lowest BCUT2D eigenvalue weighted by molar-refractivity contribution is 0.470. The average Bonchev–Trinajstić information content (AvgIpc) is 2.54. The van der Waals surface area contributed by atoms with Crippen LogP contribution in [0.2, 0.25) is 0 Å². The summed E-state index contributed by atoms with van der Waals surface area (Å²) in [5.74, 6) is 0. The number of benzene rings is 1. The summed E-state index contributed by atoms with van der Waals surface area (Å²) in [6.07, 6.45) is 13.3. The van der Waals surface area contributed by atoms with Crippen LogP contribution in [0.15, 0.2) is 18.2 Å². The Balaban J connectivity index is 2.00. The molecule has 1 aromatic carbocycles. The minimum absolute atomic E-state index is 0.564. The van der Waals surface area contributed by atoms with Crippen LogP contribution in [0.5, 0.6) is 0 Å². The maximum absolute atomic E-state index is 3.77. The van der Waals surface area contributed by atoms with E-state index in [4.69, 9.17) is 0 Å². The van der Waals surface area contributed by atoms with E-state index in [1.54, 1.807) is 11.1 Å². The number of hydrogen-bond donors (Lipinski definition) is 1. The Labute approximate surface area is 131 Å². The molecular formula is C20H33N. The number of hydrogen-bond acceptors (Lipinski definition) is 1. The molecule has 2 rings (SSSR count). The highest BCUT2D eigenvalue weighted by molar-refractivity contribution is 5.35. The van der Waals surface area contributed by atoms with Crippen molar-refractivity contribution in [2.24, 2.45) is 0 Å². The van der Waals surface area contributed by atoms with Gasteiger partial charge in [0.2, 0.25) is 0 Å². The molecule has 1 unspecified atom stereocenters. The molecule has 0 saturated carbocycles. The van der Waals surface area contributed by atoms with E-state index < -0.39 is 0 Å². The van der Waals surface area contributed by atoms with Gasteiger partial charge in [-0.3, -0.25) is 0 Å². The van der Waals surface area contributed by atoms with Gasteiger partial charge >= 0.3 is 0 Å². The molecule has 0 amide bonds. The van der Waals surface area contributed by atoms with Gasteiger partial charge in [0.15, 0.2) is 0 Å². The lowest BCUT2D eigenvalue weighted by Crippen LogP contribution is -2.22. The van der Waals surface area contributed by atoms with Crippen molar-refractivity contribution in [1.29, 1.82) is 0 Å². The standard InChI is InChI=1S/C20H33N/c1-3-5-6-7-12-20(21-15-4-2)19-14-13-17-10-8-9-11-18(17)16-19/h13-14,16,20-21H,3-12,15H2,1-2H3. The maximum Gasteiger partial charge on any atom is 0.0320 e. The molecule has 0 fully saturated rings. The fraction of sp³-hybridized carbons (Fsp3) is 0.700. The predicted octanol–water partition coefficient (Wildman–Crippen LogP) is 5.58. The molecule has 1 atom stereocenters. The Morgan fingerprint density at radius 2 is 1.76 bits per heavy atom. The van der Waals surface area contributed by atoms with Gasteiger partial charge in [-0.05, 0) is 61.8 Å². The zero-order valence-corrected chi connectivity index (χ0v) is 14.1. The molecule has 0 heterocycles. The highest BCUT2D eigenvalue weighted by atomic mass is 14.9. The fourth-order valence-electron chi connectivity index (χ4n) is 3.45. The van der Waals surface area contributed by atoms with Crippen LogP contribution in [0.1, 0.15) is 87.9 Å². The Kier molecular flexibility index (Phi) is 7.29. The number of nitrogens with one attached hydrogen (secondary N) is 1. The first-order chi connectivity index (χ1) is 10.3. The monoisotopic (exact) mass is 287 g/mol. The highest BCUT2D eigenvalue weighted by Gasteiger charge is 2.14. The summed E-state index contributed by atoms with van der Waals surface area (Å²) < 4.78 is 0. The smallest absolute Gasteiger partial charge is 0.0320 e. The van der Waals surface area contributed by atoms with Crippen LogP contribution < -0.4 is 5.32 Å². The SMILES string of the molecule is CCCCCCC(NCCC)c1ccc2c(c1)CCCC2. The molecule has 0 saturated heterocycles. The van der Waals surface area contributed by atoms with E-state index in [9.17, 15) is 0 Å². The fourth-order valence-corrected chi connectivity index (χ4v) is 3.45. The van der Waals surface area contributed by atoms with Gasteiger partial charge in [-0.2, -0.15) is 0 Å². The summed E-state index contributed by atoms with van der Waals surface area (Å²) in [4.78, 5) is 0. The van der Waals surface area contributed by atoms with Crippen molar-refractivity contribution in [3.05, 3.63) is 34.9 Å². The van der Waals surface area contributed by atoms with E-state index in [0.29, 0.717) is 6.04 Å². The largest absolute Gasteiger partial charge is 0.310 e. The van der Waals surface area contributed by atoms with Gasteiger partial charge in [0.25, 0.3) is 0 Å². The lowest BCUT2D eigenvalue weighted by Gasteiger charge is -2.22. The highest BCUT2D eigenvalue weighted by Crippen LogP contribution is 2.27. The van der Waals surface area contributed by atoms with E-state index in [1.165, 1.54) is 69.8 Å². The van der Waals surface area contributed by atoms with Crippen molar-refractivity contribution in [1.82, 2.24) is 5.32 Å². The summed E-state index contributed by atoms with van der Waals surface area (Å²) in [6, 6.07) is 7.85. The first-order valence-electron chi connectivity index (χ1n) is 9.20. The molecule has 1 aliphatic rings. The normalized spacial score (nSPS) is 15.7. The van der Waals surface area contributed by atoms with Crippen LogP contribution in [-0.2, 0) is 12.8 Å². The van der Waals surface area contributed by atoms with E-state index in [1.807, 2.05) is 0 Å². The molecule has 1 aromatic rings. The lowest BCUT2D eigenvalue weighted by atomic mass is 9.88. The van der Waals surface area contributed by atoms with E-state index in [0.717, 1.165) is 6.54 Å². The summed E-state index contributed by atoms with van der Waals surface area (Å²) in [5, 5.41) is 3.77. The first kappa shape index (κ1) is 16.5. The molecule has 0 aliphatic heterocycles. The zero-order chi connectivity index (χ0) is 14.9. The first-order valence-corrected chi connectivity index (χ1v) is 9.20. The van der Waals surface area contributed by atoms with Crippen LogP contribution in [0.25, 0.3) is 0 Å². The molecule has 0 aromatic heterocycles. The van der Waals surface area contributed by atoms with Gasteiger partial charge in [0.1, 0.15) is 0 Å². The van der Waals surface area contributed by atoms with Crippen LogP contribution >= 0.6 is 0 Å². The van der Waals surface area contributed by atoms with Crippen LogP contribution in [0.4, 0.5) is 0 Å².